The third kappa shape index (κ3) is 1.67. The van der Waals surface area contributed by atoms with Gasteiger partial charge < -0.3 is 0 Å². The van der Waals surface area contributed by atoms with Gasteiger partial charge in [-0.3, -0.25) is 0 Å². The summed E-state index contributed by atoms with van der Waals surface area (Å²) in [5.74, 6) is 1.75. The first kappa shape index (κ1) is 11.5. The van der Waals surface area contributed by atoms with Crippen molar-refractivity contribution in [3.05, 3.63) is 65.7 Å². The predicted octanol–water partition coefficient (Wildman–Crippen LogP) is 4.95. The minimum atomic E-state index is 0.798. The van der Waals surface area contributed by atoms with Crippen molar-refractivity contribution >= 4 is 10.9 Å². The van der Waals surface area contributed by atoms with Crippen LogP contribution in [-0.4, -0.2) is 4.98 Å². The van der Waals surface area contributed by atoms with Crippen molar-refractivity contribution in [2.45, 2.75) is 25.2 Å². The van der Waals surface area contributed by atoms with E-state index < -0.39 is 0 Å². The Labute approximate surface area is 124 Å². The lowest BCUT2D eigenvalue weighted by molar-refractivity contribution is 0.239. The topological polar surface area (TPSA) is 12.9 Å². The largest absolute Gasteiger partial charge is 0.248 e. The highest BCUT2D eigenvalue weighted by Gasteiger charge is 2.37. The van der Waals surface area contributed by atoms with Gasteiger partial charge in [-0.05, 0) is 54.4 Å². The third-order valence-corrected chi connectivity index (χ3v) is 5.23. The van der Waals surface area contributed by atoms with Crippen molar-refractivity contribution in [2.24, 2.45) is 5.92 Å². The van der Waals surface area contributed by atoms with Crippen LogP contribution in [0.3, 0.4) is 0 Å². The van der Waals surface area contributed by atoms with Gasteiger partial charge in [0.2, 0.25) is 0 Å². The number of pyridine rings is 1. The fourth-order valence-electron chi connectivity index (χ4n) is 4.15. The molecule has 0 unspecified atom stereocenters. The maximum atomic E-state index is 4.91. The van der Waals surface area contributed by atoms with Crippen molar-refractivity contribution < 1.29 is 0 Å². The fraction of sp³-hybridized carbons (Fsp3) is 0.250. The van der Waals surface area contributed by atoms with Gasteiger partial charge in [-0.2, -0.15) is 0 Å². The molecule has 0 amide bonds. The van der Waals surface area contributed by atoms with Crippen molar-refractivity contribution in [3.63, 3.8) is 0 Å². The van der Waals surface area contributed by atoms with Crippen molar-refractivity contribution in [3.8, 4) is 11.3 Å². The van der Waals surface area contributed by atoms with Crippen LogP contribution in [0.2, 0.25) is 0 Å². The average Bonchev–Trinajstić information content (AvgIpc) is 2.53. The number of fused-ring (bicyclic) bond motifs is 1. The molecule has 1 heteroatoms. The Bertz CT molecular complexity index is 829. The van der Waals surface area contributed by atoms with E-state index in [2.05, 4.69) is 48.5 Å². The first-order valence-electron chi connectivity index (χ1n) is 7.86. The summed E-state index contributed by atoms with van der Waals surface area (Å²) in [5.41, 5.74) is 6.60. The highest BCUT2D eigenvalue weighted by molar-refractivity contribution is 5.87. The highest BCUT2D eigenvalue weighted by atomic mass is 14.7. The Kier molecular flexibility index (Phi) is 2.29. The van der Waals surface area contributed by atoms with E-state index in [0.717, 1.165) is 23.0 Å². The molecule has 1 saturated carbocycles. The summed E-state index contributed by atoms with van der Waals surface area (Å²) in [6.07, 6.45) is 4.07. The molecule has 3 aromatic rings. The molecule has 2 bridgehead atoms. The second-order valence-corrected chi connectivity index (χ2v) is 6.51. The van der Waals surface area contributed by atoms with E-state index in [9.17, 15) is 0 Å². The molecular weight excluding hydrogens is 254 g/mol. The van der Waals surface area contributed by atoms with E-state index in [1.165, 1.54) is 30.2 Å². The molecule has 1 heterocycles. The molecule has 1 aromatic heterocycles. The molecule has 102 valence electrons. The van der Waals surface area contributed by atoms with Gasteiger partial charge in [-0.25, -0.2) is 4.98 Å². The first-order valence-corrected chi connectivity index (χ1v) is 7.86. The van der Waals surface area contributed by atoms with Gasteiger partial charge in [-0.1, -0.05) is 42.5 Å². The molecule has 0 spiro atoms. The Balaban J connectivity index is 1.71. The van der Waals surface area contributed by atoms with Gasteiger partial charge in [0.15, 0.2) is 0 Å². The van der Waals surface area contributed by atoms with Crippen molar-refractivity contribution in [1.82, 2.24) is 4.98 Å². The Hall–Kier alpha value is -2.15. The highest BCUT2D eigenvalue weighted by Crippen LogP contribution is 2.51. The van der Waals surface area contributed by atoms with Crippen LogP contribution < -0.4 is 0 Å². The lowest BCUT2D eigenvalue weighted by atomic mass is 9.62. The van der Waals surface area contributed by atoms with Gasteiger partial charge in [0.25, 0.3) is 0 Å². The lowest BCUT2D eigenvalue weighted by Crippen LogP contribution is -2.30. The number of benzene rings is 2. The molecule has 1 fully saturated rings. The van der Waals surface area contributed by atoms with Crippen LogP contribution in [0.4, 0.5) is 0 Å². The molecule has 3 aliphatic rings. The van der Waals surface area contributed by atoms with Crippen LogP contribution >= 0.6 is 0 Å². The fourth-order valence-corrected chi connectivity index (χ4v) is 4.15. The van der Waals surface area contributed by atoms with Gasteiger partial charge in [0.05, 0.1) is 11.2 Å². The van der Waals surface area contributed by atoms with E-state index in [0.29, 0.717) is 0 Å². The van der Waals surface area contributed by atoms with E-state index in [-0.39, 0.29) is 0 Å². The second kappa shape index (κ2) is 4.17. The van der Waals surface area contributed by atoms with Crippen molar-refractivity contribution in [1.29, 1.82) is 0 Å². The molecule has 0 atom stereocenters. The SMILES string of the molecule is c1ccc(-c2ccc3c4c(ccc3n2)CC2CC4C2)cc1. The summed E-state index contributed by atoms with van der Waals surface area (Å²) >= 11 is 0. The Morgan fingerprint density at radius 1 is 0.857 bits per heavy atom. The molecule has 0 saturated heterocycles. The monoisotopic (exact) mass is 271 g/mol. The molecule has 0 radical (unpaired) electrons. The van der Waals surface area contributed by atoms with Crippen LogP contribution in [0.5, 0.6) is 0 Å². The molecule has 2 aromatic carbocycles. The normalized spacial score (nSPS) is 22.7. The van der Waals surface area contributed by atoms with E-state index in [4.69, 9.17) is 4.98 Å². The summed E-state index contributed by atoms with van der Waals surface area (Å²) in [6, 6.07) is 19.5. The zero-order valence-corrected chi connectivity index (χ0v) is 11.9. The summed E-state index contributed by atoms with van der Waals surface area (Å²) in [4.78, 5) is 4.91. The standard InChI is InChI=1S/C20H17N/c1-2-4-14(5-3-1)18-9-7-17-19(21-18)8-6-15-10-13-11-16(12-13)20(15)17/h1-9,13,16H,10-12H2. The first-order chi connectivity index (χ1) is 10.4. The zero-order chi connectivity index (χ0) is 13.8. The summed E-state index contributed by atoms with van der Waals surface area (Å²) < 4.78 is 0. The number of hydrogen-bond donors (Lipinski definition) is 0. The van der Waals surface area contributed by atoms with Crippen LogP contribution in [0.25, 0.3) is 22.2 Å². The summed E-state index contributed by atoms with van der Waals surface area (Å²) in [5, 5.41) is 1.38. The summed E-state index contributed by atoms with van der Waals surface area (Å²) in [7, 11) is 0. The third-order valence-electron chi connectivity index (χ3n) is 5.23. The number of aromatic nitrogens is 1. The van der Waals surface area contributed by atoms with Gasteiger partial charge in [0.1, 0.15) is 0 Å². The molecule has 6 rings (SSSR count). The molecule has 3 aliphatic carbocycles. The zero-order valence-electron chi connectivity index (χ0n) is 11.9. The second-order valence-electron chi connectivity index (χ2n) is 6.51. The number of nitrogens with zero attached hydrogens (tertiary/aromatic N) is 1. The average molecular weight is 271 g/mol. The molecule has 0 N–H and O–H groups in total. The maximum absolute atomic E-state index is 4.91. The quantitative estimate of drug-likeness (QED) is 0.610. The van der Waals surface area contributed by atoms with Gasteiger partial charge in [0, 0.05) is 10.9 Å². The molecular formula is C20H17N. The number of rotatable bonds is 1. The van der Waals surface area contributed by atoms with Crippen LogP contribution in [0.15, 0.2) is 54.6 Å². The molecule has 1 nitrogen and oxygen atoms in total. The van der Waals surface area contributed by atoms with E-state index >= 15 is 0 Å². The van der Waals surface area contributed by atoms with E-state index in [1.807, 2.05) is 6.07 Å². The minimum absolute atomic E-state index is 0.798. The van der Waals surface area contributed by atoms with Crippen LogP contribution in [0, 0.1) is 5.92 Å². The van der Waals surface area contributed by atoms with Crippen molar-refractivity contribution in [2.75, 3.05) is 0 Å². The Morgan fingerprint density at radius 3 is 2.57 bits per heavy atom. The number of hydrogen-bond acceptors (Lipinski definition) is 1. The van der Waals surface area contributed by atoms with Gasteiger partial charge >= 0.3 is 0 Å². The van der Waals surface area contributed by atoms with Gasteiger partial charge in [-0.15, -0.1) is 0 Å². The summed E-state index contributed by atoms with van der Waals surface area (Å²) in [6.45, 7) is 0. The lowest BCUT2D eigenvalue weighted by Gasteiger charge is -2.43. The Morgan fingerprint density at radius 2 is 1.71 bits per heavy atom. The van der Waals surface area contributed by atoms with E-state index in [1.54, 1.807) is 11.1 Å². The minimum Gasteiger partial charge on any atom is -0.248 e. The van der Waals surface area contributed by atoms with Crippen LogP contribution in [-0.2, 0) is 6.42 Å². The smallest absolute Gasteiger partial charge is 0.0712 e. The van der Waals surface area contributed by atoms with Crippen LogP contribution in [0.1, 0.15) is 29.9 Å². The molecule has 0 aliphatic heterocycles. The maximum Gasteiger partial charge on any atom is 0.0712 e. The predicted molar refractivity (Wildman–Crippen MR) is 86.3 cm³/mol. The molecule has 21 heavy (non-hydrogen) atoms.